The molecule has 3 aromatic carbocycles. The molecule has 0 bridgehead atoms. The number of nitrogens with zero attached hydrogens (tertiary/aromatic N) is 1. The van der Waals surface area contributed by atoms with Gasteiger partial charge in [0.2, 0.25) is 0 Å². The molecule has 1 aliphatic carbocycles. The number of carbonyl (C=O) groups is 1. The second kappa shape index (κ2) is 9.42. The van der Waals surface area contributed by atoms with Gasteiger partial charge >= 0.3 is 5.97 Å². The highest BCUT2D eigenvalue weighted by Crippen LogP contribution is 2.46. The molecule has 5 rings (SSSR count). The Morgan fingerprint density at radius 2 is 1.97 bits per heavy atom. The molecule has 1 saturated carbocycles. The lowest BCUT2D eigenvalue weighted by Crippen LogP contribution is -2.16. The predicted octanol–water partition coefficient (Wildman–Crippen LogP) is 6.41. The van der Waals surface area contributed by atoms with Gasteiger partial charge in [0.25, 0.3) is 0 Å². The summed E-state index contributed by atoms with van der Waals surface area (Å²) < 4.78 is 26.1. The van der Waals surface area contributed by atoms with E-state index in [9.17, 15) is 19.6 Å². The van der Waals surface area contributed by atoms with Crippen LogP contribution in [-0.2, 0) is 11.2 Å². The predicted molar refractivity (Wildman–Crippen MR) is 129 cm³/mol. The lowest BCUT2D eigenvalue weighted by atomic mass is 9.88. The topological polar surface area (TPSA) is 79.6 Å². The Bertz CT molecular complexity index is 1320. The highest BCUT2D eigenvalue weighted by atomic mass is 19.1. The molecule has 1 unspecified atom stereocenters. The van der Waals surface area contributed by atoms with E-state index in [0.29, 0.717) is 28.4 Å². The first-order chi connectivity index (χ1) is 17.0. The molecular formula is C29H26FNO4. The zero-order chi connectivity index (χ0) is 24.5. The van der Waals surface area contributed by atoms with Gasteiger partial charge in [0.15, 0.2) is 0 Å². The summed E-state index contributed by atoms with van der Waals surface area (Å²) in [7, 11) is 1.52. The maximum Gasteiger partial charge on any atom is 0.303 e. The average Bonchev–Trinajstić information content (AvgIpc) is 3.72. The van der Waals surface area contributed by atoms with Gasteiger partial charge in [-0.3, -0.25) is 4.79 Å². The van der Waals surface area contributed by atoms with E-state index in [1.165, 1.54) is 13.2 Å². The van der Waals surface area contributed by atoms with Crippen LogP contribution < -0.4 is 9.47 Å². The van der Waals surface area contributed by atoms with Crippen LogP contribution in [0.25, 0.3) is 11.1 Å². The van der Waals surface area contributed by atoms with Crippen molar-refractivity contribution in [3.63, 3.8) is 0 Å². The number of hydrogen-bond donors (Lipinski definition) is 1. The largest absolute Gasteiger partial charge is 0.497 e. The molecular weight excluding hydrogens is 445 g/mol. The van der Waals surface area contributed by atoms with Crippen molar-refractivity contribution >= 4 is 5.97 Å². The van der Waals surface area contributed by atoms with Gasteiger partial charge in [-0.2, -0.15) is 5.26 Å². The molecule has 35 heavy (non-hydrogen) atoms. The van der Waals surface area contributed by atoms with Gasteiger partial charge in [0, 0.05) is 11.1 Å². The molecule has 3 aromatic rings. The van der Waals surface area contributed by atoms with E-state index in [-0.39, 0.29) is 18.4 Å². The van der Waals surface area contributed by atoms with Crippen LogP contribution in [0.15, 0.2) is 54.6 Å². The molecule has 0 aromatic heterocycles. The third-order valence-corrected chi connectivity index (χ3v) is 7.05. The van der Waals surface area contributed by atoms with Crippen LogP contribution >= 0.6 is 0 Å². The first-order valence-electron chi connectivity index (χ1n) is 11.9. The van der Waals surface area contributed by atoms with Crippen molar-refractivity contribution in [1.29, 1.82) is 5.26 Å². The van der Waals surface area contributed by atoms with Crippen molar-refractivity contribution in [3.05, 3.63) is 82.7 Å². The number of halogens is 1. The summed E-state index contributed by atoms with van der Waals surface area (Å²) in [4.78, 5) is 11.4. The van der Waals surface area contributed by atoms with Crippen molar-refractivity contribution in [3.8, 4) is 28.7 Å². The molecule has 0 radical (unpaired) electrons. The van der Waals surface area contributed by atoms with Crippen LogP contribution in [0, 0.1) is 23.1 Å². The molecule has 2 aliphatic rings. The Morgan fingerprint density at radius 1 is 1.14 bits per heavy atom. The van der Waals surface area contributed by atoms with Crippen molar-refractivity contribution in [2.24, 2.45) is 5.92 Å². The van der Waals surface area contributed by atoms with E-state index in [1.807, 2.05) is 24.3 Å². The molecule has 1 aliphatic heterocycles. The third-order valence-electron chi connectivity index (χ3n) is 7.05. The number of rotatable bonds is 7. The van der Waals surface area contributed by atoms with Crippen LogP contribution in [0.1, 0.15) is 60.0 Å². The van der Waals surface area contributed by atoms with Gasteiger partial charge in [-0.1, -0.05) is 24.3 Å². The maximum absolute atomic E-state index is 14.5. The molecule has 1 heterocycles. The molecule has 2 atom stereocenters. The Hall–Kier alpha value is -3.85. The first-order valence-corrected chi connectivity index (χ1v) is 11.9. The first kappa shape index (κ1) is 22.9. The minimum absolute atomic E-state index is 0.00371. The van der Waals surface area contributed by atoms with E-state index < -0.39 is 11.8 Å². The Labute approximate surface area is 203 Å². The summed E-state index contributed by atoms with van der Waals surface area (Å²) in [5, 5.41) is 19.2. The van der Waals surface area contributed by atoms with Crippen LogP contribution in [-0.4, -0.2) is 18.2 Å². The number of methoxy groups -OCH3 is 1. The lowest BCUT2D eigenvalue weighted by molar-refractivity contribution is -0.137. The third kappa shape index (κ3) is 4.72. The molecule has 178 valence electrons. The van der Waals surface area contributed by atoms with E-state index in [2.05, 4.69) is 6.07 Å². The molecule has 0 spiro atoms. The maximum atomic E-state index is 14.5. The quantitative estimate of drug-likeness (QED) is 0.431. The van der Waals surface area contributed by atoms with Gasteiger partial charge < -0.3 is 14.6 Å². The SMILES string of the molecule is COc1ccc(F)c(-c2ccc(C3CCc4ccc([C@@H](CC(=O)O)C5CC5)cc4O3)cc2C#N)c1. The van der Waals surface area contributed by atoms with E-state index in [4.69, 9.17) is 9.47 Å². The van der Waals surface area contributed by atoms with Gasteiger partial charge in [-0.05, 0) is 84.5 Å². The standard InChI is InChI=1S/C29H26FNO4/c1-34-22-8-10-26(30)25(14-22)23-9-6-20(12-21(23)16-31)27-11-7-18-4-5-19(13-28(18)35-27)24(15-29(32)33)17-2-3-17/h4-6,8-10,12-14,17,24,27H,2-3,7,11,15H2,1H3,(H,32,33)/t24-,27?/m0/s1. The molecule has 1 fully saturated rings. The van der Waals surface area contributed by atoms with Crippen molar-refractivity contribution < 1.29 is 23.8 Å². The van der Waals surface area contributed by atoms with E-state index in [1.54, 1.807) is 24.3 Å². The Morgan fingerprint density at radius 3 is 2.69 bits per heavy atom. The highest BCUT2D eigenvalue weighted by molar-refractivity contribution is 5.73. The fraction of sp³-hybridized carbons (Fsp3) is 0.310. The molecule has 0 amide bonds. The minimum Gasteiger partial charge on any atom is -0.497 e. The summed E-state index contributed by atoms with van der Waals surface area (Å²) in [6, 6.07) is 18.2. The van der Waals surface area contributed by atoms with Gasteiger partial charge in [-0.25, -0.2) is 4.39 Å². The summed E-state index contributed by atoms with van der Waals surface area (Å²) >= 11 is 0. The second-order valence-electron chi connectivity index (χ2n) is 9.32. The number of carboxylic acid groups (broad SMARTS) is 1. The molecule has 5 nitrogen and oxygen atoms in total. The van der Waals surface area contributed by atoms with Gasteiger partial charge in [0.05, 0.1) is 25.2 Å². The van der Waals surface area contributed by atoms with Crippen LogP contribution in [0.4, 0.5) is 4.39 Å². The fourth-order valence-corrected chi connectivity index (χ4v) is 5.02. The normalized spacial score (nSPS) is 17.6. The smallest absolute Gasteiger partial charge is 0.303 e. The number of fused-ring (bicyclic) bond motifs is 1. The number of benzene rings is 3. The highest BCUT2D eigenvalue weighted by Gasteiger charge is 2.34. The Balaban J connectivity index is 1.43. The van der Waals surface area contributed by atoms with E-state index in [0.717, 1.165) is 48.1 Å². The molecule has 0 saturated heterocycles. The van der Waals surface area contributed by atoms with Gasteiger partial charge in [0.1, 0.15) is 23.4 Å². The summed E-state index contributed by atoms with van der Waals surface area (Å²) in [6.45, 7) is 0. The number of aliphatic carboxylic acids is 1. The van der Waals surface area contributed by atoms with Gasteiger partial charge in [-0.15, -0.1) is 0 Å². The Kier molecular flexibility index (Phi) is 6.17. The number of aryl methyl sites for hydroxylation is 1. The summed E-state index contributed by atoms with van der Waals surface area (Å²) in [5.41, 5.74) is 4.16. The monoisotopic (exact) mass is 471 g/mol. The number of hydrogen-bond acceptors (Lipinski definition) is 4. The number of ether oxygens (including phenoxy) is 2. The number of nitriles is 1. The van der Waals surface area contributed by atoms with Crippen molar-refractivity contribution in [2.75, 3.05) is 7.11 Å². The molecule has 6 heteroatoms. The summed E-state index contributed by atoms with van der Waals surface area (Å²) in [5.74, 6) is 0.517. The minimum atomic E-state index is -0.782. The van der Waals surface area contributed by atoms with Crippen LogP contribution in [0.2, 0.25) is 0 Å². The zero-order valence-electron chi connectivity index (χ0n) is 19.5. The van der Waals surface area contributed by atoms with Crippen LogP contribution in [0.3, 0.4) is 0 Å². The fourth-order valence-electron chi connectivity index (χ4n) is 5.02. The molecule has 1 N–H and O–H groups in total. The van der Waals surface area contributed by atoms with Crippen LogP contribution in [0.5, 0.6) is 11.5 Å². The zero-order valence-corrected chi connectivity index (χ0v) is 19.5. The van der Waals surface area contributed by atoms with Crippen molar-refractivity contribution in [2.45, 2.75) is 44.1 Å². The lowest BCUT2D eigenvalue weighted by Gasteiger charge is -2.28. The summed E-state index contributed by atoms with van der Waals surface area (Å²) in [6.07, 6.45) is 3.59. The number of carboxylic acids is 1. The second-order valence-corrected chi connectivity index (χ2v) is 9.32. The van der Waals surface area contributed by atoms with E-state index >= 15 is 0 Å². The van der Waals surface area contributed by atoms with Crippen molar-refractivity contribution in [1.82, 2.24) is 0 Å². The average molecular weight is 472 g/mol.